The van der Waals surface area contributed by atoms with Gasteiger partial charge in [0.1, 0.15) is 0 Å². The van der Waals surface area contributed by atoms with E-state index >= 15 is 0 Å². The van der Waals surface area contributed by atoms with Crippen LogP contribution in [0.5, 0.6) is 0 Å². The van der Waals surface area contributed by atoms with E-state index in [0.717, 1.165) is 37.9 Å². The fourth-order valence-corrected chi connectivity index (χ4v) is 4.16. The topological polar surface area (TPSA) is 20.3 Å². The fourth-order valence-electron chi connectivity index (χ4n) is 3.75. The Bertz CT molecular complexity index is 683. The van der Waals surface area contributed by atoms with Crippen molar-refractivity contribution in [3.05, 3.63) is 65.7 Å². The number of thioether (sulfide) groups is 1. The molecule has 25 heavy (non-hydrogen) atoms. The zero-order chi connectivity index (χ0) is 17.6. The van der Waals surface area contributed by atoms with Gasteiger partial charge in [-0.3, -0.25) is 4.79 Å². The van der Waals surface area contributed by atoms with Gasteiger partial charge in [0.15, 0.2) is 0 Å². The first-order valence-corrected chi connectivity index (χ1v) is 10.4. The minimum absolute atomic E-state index is 0.00159. The summed E-state index contributed by atoms with van der Waals surface area (Å²) in [6.45, 7) is 3.95. The quantitative estimate of drug-likeness (QED) is 0.653. The molecule has 1 fully saturated rings. The second-order valence-electron chi connectivity index (χ2n) is 6.84. The molecule has 2 atom stereocenters. The van der Waals surface area contributed by atoms with Crippen molar-refractivity contribution in [1.82, 2.24) is 4.90 Å². The van der Waals surface area contributed by atoms with E-state index in [9.17, 15) is 4.79 Å². The summed E-state index contributed by atoms with van der Waals surface area (Å²) in [6, 6.07) is 19.1. The number of nitrogens with zero attached hydrogens (tertiary/aromatic N) is 1. The molecule has 0 unspecified atom stereocenters. The molecule has 1 heterocycles. The maximum absolute atomic E-state index is 13.0. The van der Waals surface area contributed by atoms with Crippen LogP contribution in [0.15, 0.2) is 59.5 Å². The lowest BCUT2D eigenvalue weighted by molar-refractivity contribution is -0.129. The van der Waals surface area contributed by atoms with Crippen molar-refractivity contribution in [1.29, 1.82) is 0 Å². The van der Waals surface area contributed by atoms with E-state index in [2.05, 4.69) is 54.5 Å². The number of carbonyl (C=O) groups is 1. The molecule has 0 bridgehead atoms. The van der Waals surface area contributed by atoms with E-state index in [0.29, 0.717) is 11.8 Å². The molecule has 1 aliphatic heterocycles. The molecule has 0 saturated carbocycles. The highest BCUT2D eigenvalue weighted by Crippen LogP contribution is 2.36. The number of hydrogen-bond donors (Lipinski definition) is 0. The highest BCUT2D eigenvalue weighted by Gasteiger charge is 2.40. The van der Waals surface area contributed by atoms with Crippen molar-refractivity contribution >= 4 is 17.7 Å². The van der Waals surface area contributed by atoms with Gasteiger partial charge in [-0.25, -0.2) is 0 Å². The normalized spacial score (nSPS) is 20.2. The van der Waals surface area contributed by atoms with E-state index in [-0.39, 0.29) is 5.92 Å². The van der Waals surface area contributed by atoms with Gasteiger partial charge in [-0.1, -0.05) is 55.8 Å². The van der Waals surface area contributed by atoms with Gasteiger partial charge in [0.05, 0.1) is 5.92 Å². The lowest BCUT2D eigenvalue weighted by atomic mass is 9.84. The summed E-state index contributed by atoms with van der Waals surface area (Å²) in [5.74, 6) is 0.663. The van der Waals surface area contributed by atoms with Crippen LogP contribution in [0.1, 0.15) is 36.8 Å². The number of amides is 1. The maximum atomic E-state index is 13.0. The molecule has 2 aromatic carbocycles. The van der Waals surface area contributed by atoms with Gasteiger partial charge in [-0.15, -0.1) is 11.8 Å². The maximum Gasteiger partial charge on any atom is 0.230 e. The van der Waals surface area contributed by atoms with Gasteiger partial charge in [-0.05, 0) is 48.3 Å². The molecule has 1 aliphatic rings. The van der Waals surface area contributed by atoms with Crippen LogP contribution < -0.4 is 0 Å². The number of benzene rings is 2. The van der Waals surface area contributed by atoms with Crippen molar-refractivity contribution in [3.8, 4) is 0 Å². The van der Waals surface area contributed by atoms with Gasteiger partial charge in [0.2, 0.25) is 5.91 Å². The minimum Gasteiger partial charge on any atom is -0.342 e. The van der Waals surface area contributed by atoms with Crippen molar-refractivity contribution in [3.63, 3.8) is 0 Å². The van der Waals surface area contributed by atoms with Gasteiger partial charge in [-0.2, -0.15) is 0 Å². The van der Waals surface area contributed by atoms with E-state index < -0.39 is 0 Å². The largest absolute Gasteiger partial charge is 0.342 e. The summed E-state index contributed by atoms with van der Waals surface area (Å²) >= 11 is 1.77. The molecular weight excluding hydrogens is 326 g/mol. The first kappa shape index (κ1) is 18.1. The molecule has 2 aromatic rings. The number of carbonyl (C=O) groups excluding carboxylic acids is 1. The Hall–Kier alpha value is -1.74. The molecule has 0 radical (unpaired) electrons. The molecule has 3 heteroatoms. The summed E-state index contributed by atoms with van der Waals surface area (Å²) in [5, 5.41) is 0. The Balaban J connectivity index is 1.81. The molecule has 132 valence electrons. The minimum atomic E-state index is -0.00159. The van der Waals surface area contributed by atoms with Gasteiger partial charge < -0.3 is 4.90 Å². The molecule has 0 spiro atoms. The van der Waals surface area contributed by atoms with E-state index in [1.54, 1.807) is 11.8 Å². The Morgan fingerprint density at radius 2 is 1.80 bits per heavy atom. The lowest BCUT2D eigenvalue weighted by Crippen LogP contribution is -2.27. The average molecular weight is 354 g/mol. The molecular formula is C22H27NOS. The van der Waals surface area contributed by atoms with Crippen LogP contribution in [0.25, 0.3) is 0 Å². The second-order valence-corrected chi connectivity index (χ2v) is 7.72. The van der Waals surface area contributed by atoms with Crippen molar-refractivity contribution < 1.29 is 4.79 Å². The van der Waals surface area contributed by atoms with Crippen LogP contribution in [0.3, 0.4) is 0 Å². The van der Waals surface area contributed by atoms with Crippen molar-refractivity contribution in [2.45, 2.75) is 37.0 Å². The van der Waals surface area contributed by atoms with E-state index in [1.165, 1.54) is 10.5 Å². The molecule has 1 amide bonds. The van der Waals surface area contributed by atoms with Crippen LogP contribution in [-0.2, 0) is 11.2 Å². The number of unbranched alkanes of at least 4 members (excludes halogenated alkanes) is 1. The number of hydrogen-bond acceptors (Lipinski definition) is 2. The Morgan fingerprint density at radius 3 is 2.44 bits per heavy atom. The summed E-state index contributed by atoms with van der Waals surface area (Å²) < 4.78 is 0. The predicted octanol–water partition coefficient (Wildman–Crippen LogP) is 4.99. The van der Waals surface area contributed by atoms with Crippen LogP contribution in [0.2, 0.25) is 0 Å². The summed E-state index contributed by atoms with van der Waals surface area (Å²) in [4.78, 5) is 16.4. The molecule has 1 saturated heterocycles. The highest BCUT2D eigenvalue weighted by molar-refractivity contribution is 7.98. The monoisotopic (exact) mass is 353 g/mol. The third kappa shape index (κ3) is 4.27. The summed E-state index contributed by atoms with van der Waals surface area (Å²) in [6.07, 6.45) is 5.27. The fraction of sp³-hybridized carbons (Fsp3) is 0.409. The van der Waals surface area contributed by atoms with Crippen molar-refractivity contribution in [2.24, 2.45) is 5.92 Å². The van der Waals surface area contributed by atoms with Gasteiger partial charge >= 0.3 is 0 Å². The van der Waals surface area contributed by atoms with Gasteiger partial charge in [0.25, 0.3) is 0 Å². The van der Waals surface area contributed by atoms with Crippen LogP contribution in [-0.4, -0.2) is 30.2 Å². The first-order chi connectivity index (χ1) is 12.2. The third-order valence-corrected chi connectivity index (χ3v) is 5.84. The lowest BCUT2D eigenvalue weighted by Gasteiger charge is -2.17. The zero-order valence-electron chi connectivity index (χ0n) is 15.2. The molecule has 2 nitrogen and oxygen atoms in total. The SMILES string of the molecule is CCCCN1C[C@@H](Cc2ccc(SC)cc2)[C@H](c2ccccc2)C1=O. The smallest absolute Gasteiger partial charge is 0.230 e. The second kappa shape index (κ2) is 8.57. The van der Waals surface area contributed by atoms with Crippen molar-refractivity contribution in [2.75, 3.05) is 19.3 Å². The molecule has 0 N–H and O–H groups in total. The van der Waals surface area contributed by atoms with E-state index in [4.69, 9.17) is 0 Å². The number of likely N-dealkylation sites (tertiary alicyclic amines) is 1. The van der Waals surface area contributed by atoms with Crippen LogP contribution in [0.4, 0.5) is 0 Å². The third-order valence-electron chi connectivity index (χ3n) is 5.10. The summed E-state index contributed by atoms with van der Waals surface area (Å²) in [5.41, 5.74) is 2.49. The Morgan fingerprint density at radius 1 is 1.08 bits per heavy atom. The first-order valence-electron chi connectivity index (χ1n) is 9.19. The Kier molecular flexibility index (Phi) is 6.19. The molecule has 0 aliphatic carbocycles. The predicted molar refractivity (Wildman–Crippen MR) is 106 cm³/mol. The Labute approximate surface area is 155 Å². The van der Waals surface area contributed by atoms with Crippen LogP contribution >= 0.6 is 11.8 Å². The highest BCUT2D eigenvalue weighted by atomic mass is 32.2. The molecule has 0 aromatic heterocycles. The summed E-state index contributed by atoms with van der Waals surface area (Å²) in [7, 11) is 0. The van der Waals surface area contributed by atoms with Gasteiger partial charge in [0, 0.05) is 18.0 Å². The molecule has 3 rings (SSSR count). The average Bonchev–Trinajstić information content (AvgIpc) is 2.96. The van der Waals surface area contributed by atoms with E-state index in [1.807, 2.05) is 18.2 Å². The van der Waals surface area contributed by atoms with Crippen LogP contribution in [0, 0.1) is 5.92 Å². The standard InChI is InChI=1S/C22H27NOS/c1-3-4-14-23-16-19(15-17-10-12-20(25-2)13-11-17)21(22(23)24)18-8-6-5-7-9-18/h5-13,19,21H,3-4,14-16H2,1-2H3/t19-,21+/m1/s1. The number of rotatable bonds is 7. The zero-order valence-corrected chi connectivity index (χ0v) is 16.0.